The Morgan fingerprint density at radius 1 is 0.837 bits per heavy atom. The fourth-order valence-electron chi connectivity index (χ4n) is 7.03. The van der Waals surface area contributed by atoms with Crippen LogP contribution in [0.1, 0.15) is 31.8 Å². The molecule has 3 aliphatic rings. The van der Waals surface area contributed by atoms with Gasteiger partial charge in [-0.1, -0.05) is 76.6 Å². The van der Waals surface area contributed by atoms with Crippen molar-refractivity contribution < 1.29 is 23.9 Å². The molecule has 4 aromatic carbocycles. The molecule has 1 amide bonds. The minimum absolute atomic E-state index is 0.284. The average molecular weight is 636 g/mol. The molecule has 1 spiro atoms. The average Bonchev–Trinajstić information content (AvgIpc) is 3.52. The summed E-state index contributed by atoms with van der Waals surface area (Å²) in [5.74, 6) is -1.06. The molecular formula is C35H27BrN2O5. The summed E-state index contributed by atoms with van der Waals surface area (Å²) in [5.41, 5.74) is 2.39. The van der Waals surface area contributed by atoms with Crippen LogP contribution in [-0.4, -0.2) is 43.8 Å². The van der Waals surface area contributed by atoms with E-state index in [-0.39, 0.29) is 17.5 Å². The zero-order chi connectivity index (χ0) is 29.9. The first-order chi connectivity index (χ1) is 20.9. The topological polar surface area (TPSA) is 84.9 Å². The number of anilines is 2. The van der Waals surface area contributed by atoms with E-state index >= 15 is 0 Å². The van der Waals surface area contributed by atoms with E-state index in [2.05, 4.69) is 21.2 Å². The molecule has 1 saturated heterocycles. The standard InChI is InChI=1S/C35H27BrN2O5/c1-42-24-17-22(18-25(19-24)43-2)33(40)31-30(32(39)21-11-14-23(36)15-12-21)35(26-8-4-5-9-27(26)37-34(35)41)29-16-13-20-7-3-6-10-28(20)38(29)31/h3-19,29-31H,1-2H3,(H,37,41). The number of ether oxygens (including phenoxy) is 2. The van der Waals surface area contributed by atoms with Crippen LogP contribution >= 0.6 is 15.9 Å². The summed E-state index contributed by atoms with van der Waals surface area (Å²) in [6.07, 6.45) is 3.94. The maximum Gasteiger partial charge on any atom is 0.238 e. The van der Waals surface area contributed by atoms with Gasteiger partial charge in [0.15, 0.2) is 11.6 Å². The van der Waals surface area contributed by atoms with E-state index < -0.39 is 23.4 Å². The number of nitrogens with one attached hydrogen (secondary N) is 1. The number of amides is 1. The molecule has 3 aliphatic heterocycles. The van der Waals surface area contributed by atoms with Crippen molar-refractivity contribution in [2.45, 2.75) is 17.5 Å². The van der Waals surface area contributed by atoms with E-state index in [4.69, 9.17) is 9.47 Å². The summed E-state index contributed by atoms with van der Waals surface area (Å²) >= 11 is 3.46. The highest BCUT2D eigenvalue weighted by atomic mass is 79.9. The molecule has 0 radical (unpaired) electrons. The molecule has 7 rings (SSSR count). The molecule has 0 aromatic heterocycles. The van der Waals surface area contributed by atoms with Gasteiger partial charge in [0.2, 0.25) is 5.91 Å². The van der Waals surface area contributed by atoms with E-state index in [0.29, 0.717) is 33.9 Å². The van der Waals surface area contributed by atoms with Gasteiger partial charge >= 0.3 is 0 Å². The van der Waals surface area contributed by atoms with Gasteiger partial charge in [0, 0.05) is 33.0 Å². The van der Waals surface area contributed by atoms with Crippen molar-refractivity contribution in [2.24, 2.45) is 5.92 Å². The number of carbonyl (C=O) groups excluding carboxylic acids is 3. The monoisotopic (exact) mass is 634 g/mol. The predicted molar refractivity (Wildman–Crippen MR) is 168 cm³/mol. The predicted octanol–water partition coefficient (Wildman–Crippen LogP) is 6.32. The summed E-state index contributed by atoms with van der Waals surface area (Å²) in [5, 5.41) is 3.06. The van der Waals surface area contributed by atoms with Crippen molar-refractivity contribution in [1.29, 1.82) is 0 Å². The normalized spacial score (nSPS) is 22.9. The number of hydrogen-bond donors (Lipinski definition) is 1. The quantitative estimate of drug-likeness (QED) is 0.250. The molecule has 214 valence electrons. The third-order valence-corrected chi connectivity index (χ3v) is 9.39. The molecule has 4 aromatic rings. The lowest BCUT2D eigenvalue weighted by atomic mass is 9.64. The Hall–Kier alpha value is -4.69. The van der Waals surface area contributed by atoms with Gasteiger partial charge in [0.25, 0.3) is 0 Å². The van der Waals surface area contributed by atoms with Gasteiger partial charge in [-0.2, -0.15) is 0 Å². The number of rotatable bonds is 6. The fourth-order valence-corrected chi connectivity index (χ4v) is 7.30. The first-order valence-electron chi connectivity index (χ1n) is 13.9. The number of halogens is 1. The van der Waals surface area contributed by atoms with Crippen LogP contribution in [0.3, 0.4) is 0 Å². The molecule has 8 heteroatoms. The summed E-state index contributed by atoms with van der Waals surface area (Å²) < 4.78 is 11.8. The Morgan fingerprint density at radius 2 is 1.51 bits per heavy atom. The van der Waals surface area contributed by atoms with Crippen LogP contribution in [0.15, 0.2) is 102 Å². The minimum atomic E-state index is -1.38. The molecule has 4 unspecified atom stereocenters. The minimum Gasteiger partial charge on any atom is -0.497 e. The van der Waals surface area contributed by atoms with Crippen LogP contribution in [0.25, 0.3) is 6.08 Å². The molecule has 43 heavy (non-hydrogen) atoms. The maximum atomic E-state index is 14.9. The Morgan fingerprint density at radius 3 is 2.23 bits per heavy atom. The van der Waals surface area contributed by atoms with Crippen molar-refractivity contribution in [3.63, 3.8) is 0 Å². The molecular weight excluding hydrogens is 608 g/mol. The lowest BCUT2D eigenvalue weighted by Crippen LogP contribution is -2.51. The van der Waals surface area contributed by atoms with E-state index in [1.165, 1.54) is 14.2 Å². The number of Topliss-reactive ketones (excluding diaryl/α,β-unsaturated/α-hetero) is 2. The van der Waals surface area contributed by atoms with Crippen LogP contribution in [0, 0.1) is 5.92 Å². The van der Waals surface area contributed by atoms with Crippen LogP contribution in [0.5, 0.6) is 11.5 Å². The second-order valence-corrected chi connectivity index (χ2v) is 11.8. The zero-order valence-electron chi connectivity index (χ0n) is 23.4. The van der Waals surface area contributed by atoms with E-state index in [1.807, 2.05) is 65.6 Å². The van der Waals surface area contributed by atoms with Crippen molar-refractivity contribution in [3.05, 3.63) is 124 Å². The first kappa shape index (κ1) is 27.2. The summed E-state index contributed by atoms with van der Waals surface area (Å²) in [6, 6.07) is 25.6. The molecule has 0 saturated carbocycles. The number of hydrogen-bond acceptors (Lipinski definition) is 6. The highest BCUT2D eigenvalue weighted by Crippen LogP contribution is 2.58. The van der Waals surface area contributed by atoms with Crippen molar-refractivity contribution >= 4 is 50.9 Å². The third kappa shape index (κ3) is 3.97. The highest BCUT2D eigenvalue weighted by Gasteiger charge is 2.70. The Kier molecular flexibility index (Phi) is 6.47. The molecule has 0 aliphatic carbocycles. The van der Waals surface area contributed by atoms with Gasteiger partial charge in [-0.3, -0.25) is 14.4 Å². The molecule has 3 heterocycles. The number of methoxy groups -OCH3 is 2. The van der Waals surface area contributed by atoms with Crippen LogP contribution in [-0.2, 0) is 10.2 Å². The Labute approximate surface area is 257 Å². The van der Waals surface area contributed by atoms with E-state index in [9.17, 15) is 14.4 Å². The first-order valence-corrected chi connectivity index (χ1v) is 14.7. The van der Waals surface area contributed by atoms with Gasteiger partial charge in [-0.25, -0.2) is 0 Å². The second-order valence-electron chi connectivity index (χ2n) is 10.9. The number of carbonyl (C=O) groups is 3. The lowest BCUT2D eigenvalue weighted by molar-refractivity contribution is -0.121. The van der Waals surface area contributed by atoms with Crippen LogP contribution < -0.4 is 19.7 Å². The van der Waals surface area contributed by atoms with Gasteiger partial charge in [-0.05, 0) is 47.5 Å². The number of nitrogens with zero attached hydrogens (tertiary/aromatic N) is 1. The second kappa shape index (κ2) is 10.2. The number of para-hydroxylation sites is 2. The van der Waals surface area contributed by atoms with Crippen LogP contribution in [0.2, 0.25) is 0 Å². The third-order valence-electron chi connectivity index (χ3n) is 8.86. The summed E-state index contributed by atoms with van der Waals surface area (Å²) in [7, 11) is 3.05. The van der Waals surface area contributed by atoms with E-state index in [0.717, 1.165) is 15.7 Å². The van der Waals surface area contributed by atoms with Gasteiger partial charge in [0.05, 0.1) is 26.2 Å². The molecule has 1 N–H and O–H groups in total. The lowest BCUT2D eigenvalue weighted by Gasteiger charge is -2.37. The van der Waals surface area contributed by atoms with Crippen molar-refractivity contribution in [3.8, 4) is 11.5 Å². The van der Waals surface area contributed by atoms with Crippen molar-refractivity contribution in [1.82, 2.24) is 0 Å². The highest BCUT2D eigenvalue weighted by molar-refractivity contribution is 9.10. The van der Waals surface area contributed by atoms with Gasteiger partial charge < -0.3 is 19.7 Å². The number of benzene rings is 4. The number of ketones is 2. The van der Waals surface area contributed by atoms with Gasteiger partial charge in [0.1, 0.15) is 23.0 Å². The smallest absolute Gasteiger partial charge is 0.238 e. The van der Waals surface area contributed by atoms with E-state index in [1.54, 1.807) is 42.5 Å². The van der Waals surface area contributed by atoms with Crippen LogP contribution in [0.4, 0.5) is 11.4 Å². The molecule has 4 atom stereocenters. The van der Waals surface area contributed by atoms with Crippen molar-refractivity contribution in [2.75, 3.05) is 24.4 Å². The summed E-state index contributed by atoms with van der Waals surface area (Å²) in [4.78, 5) is 46.2. The van der Waals surface area contributed by atoms with Gasteiger partial charge in [-0.15, -0.1) is 0 Å². The molecule has 1 fully saturated rings. The molecule has 0 bridgehead atoms. The Balaban J connectivity index is 1.53. The largest absolute Gasteiger partial charge is 0.497 e. The number of fused-ring (bicyclic) bond motifs is 6. The molecule has 7 nitrogen and oxygen atoms in total. The Bertz CT molecular complexity index is 1810. The maximum absolute atomic E-state index is 14.9. The fraction of sp³-hybridized carbons (Fsp3) is 0.171. The zero-order valence-corrected chi connectivity index (χ0v) is 25.0. The SMILES string of the molecule is COc1cc(OC)cc(C(=O)C2C(C(=O)c3ccc(Br)cc3)C3(C(=O)Nc4ccccc43)C3C=Cc4ccccc4N23)c1. The summed E-state index contributed by atoms with van der Waals surface area (Å²) in [6.45, 7) is 0.